The summed E-state index contributed by atoms with van der Waals surface area (Å²) in [6, 6.07) is 14.5. The molecule has 0 fully saturated rings. The molecule has 2 heterocycles. The number of rotatable bonds is 3. The summed E-state index contributed by atoms with van der Waals surface area (Å²) in [5.41, 5.74) is 1.66. The fraction of sp³-hybridized carbons (Fsp3) is 0.0667. The number of hydrogen-bond donors (Lipinski definition) is 1. The Morgan fingerprint density at radius 1 is 1.20 bits per heavy atom. The summed E-state index contributed by atoms with van der Waals surface area (Å²) in [7, 11) is 0. The maximum Gasteiger partial charge on any atom is 0.243 e. The summed E-state index contributed by atoms with van der Waals surface area (Å²) in [5.74, 6) is 0.731. The lowest BCUT2D eigenvalue weighted by molar-refractivity contribution is 0.269. The summed E-state index contributed by atoms with van der Waals surface area (Å²) in [4.78, 5) is 4.33. The first kappa shape index (κ1) is 12.2. The number of aliphatic hydroxyl groups excluding tert-OH is 1. The molecule has 0 aliphatic heterocycles. The minimum absolute atomic E-state index is 0.199. The molecule has 0 spiro atoms. The maximum absolute atomic E-state index is 9.50. The van der Waals surface area contributed by atoms with E-state index in [1.807, 2.05) is 18.2 Å². The van der Waals surface area contributed by atoms with E-state index in [4.69, 9.17) is 10.00 Å². The predicted molar refractivity (Wildman–Crippen MR) is 72.3 cm³/mol. The second-order valence-electron chi connectivity index (χ2n) is 4.16. The van der Waals surface area contributed by atoms with Gasteiger partial charge in [-0.25, -0.2) is 0 Å². The Labute approximate surface area is 115 Å². The molecule has 3 rings (SSSR count). The number of imidazole rings is 1. The average molecular weight is 265 g/mol. The normalized spacial score (nSPS) is 10.4. The number of fused-ring (bicyclic) bond motifs is 1. The molecule has 0 radical (unpaired) electrons. The van der Waals surface area contributed by atoms with E-state index < -0.39 is 0 Å². The van der Waals surface area contributed by atoms with Crippen molar-refractivity contribution in [2.75, 3.05) is 0 Å². The molecular weight excluding hydrogens is 254 g/mol. The molecule has 5 nitrogen and oxygen atoms in total. The van der Waals surface area contributed by atoms with Gasteiger partial charge in [-0.2, -0.15) is 10.2 Å². The van der Waals surface area contributed by atoms with Crippen LogP contribution in [-0.2, 0) is 6.61 Å². The topological polar surface area (TPSA) is 70.5 Å². The number of ether oxygens (including phenoxy) is 1. The lowest BCUT2D eigenvalue weighted by Gasteiger charge is -2.05. The largest absolute Gasteiger partial charge is 0.436 e. The monoisotopic (exact) mass is 265 g/mol. The number of hydrogen-bond acceptors (Lipinski definition) is 4. The van der Waals surface area contributed by atoms with E-state index in [2.05, 4.69) is 11.1 Å². The predicted octanol–water partition coefficient (Wildman–Crippen LogP) is 2.49. The van der Waals surface area contributed by atoms with Gasteiger partial charge in [-0.3, -0.25) is 4.40 Å². The van der Waals surface area contributed by atoms with Crippen LogP contribution in [0.25, 0.3) is 5.65 Å². The number of aromatic nitrogens is 2. The van der Waals surface area contributed by atoms with Gasteiger partial charge in [0.05, 0.1) is 12.2 Å². The van der Waals surface area contributed by atoms with E-state index in [-0.39, 0.29) is 6.61 Å². The number of para-hydroxylation sites is 1. The van der Waals surface area contributed by atoms with Crippen molar-refractivity contribution in [1.29, 1.82) is 5.26 Å². The smallest absolute Gasteiger partial charge is 0.243 e. The molecule has 1 aromatic carbocycles. The minimum atomic E-state index is -0.199. The van der Waals surface area contributed by atoms with Gasteiger partial charge in [-0.1, -0.05) is 18.2 Å². The number of benzene rings is 1. The number of pyridine rings is 1. The van der Waals surface area contributed by atoms with Crippen molar-refractivity contribution in [1.82, 2.24) is 9.38 Å². The molecule has 20 heavy (non-hydrogen) atoms. The van der Waals surface area contributed by atoms with Crippen molar-refractivity contribution >= 4 is 5.65 Å². The molecule has 0 aliphatic rings. The van der Waals surface area contributed by atoms with Gasteiger partial charge in [0.1, 0.15) is 23.2 Å². The highest BCUT2D eigenvalue weighted by Crippen LogP contribution is 2.28. The molecule has 0 amide bonds. The van der Waals surface area contributed by atoms with E-state index in [9.17, 15) is 5.11 Å². The van der Waals surface area contributed by atoms with Crippen LogP contribution in [0.4, 0.5) is 0 Å². The molecule has 5 heteroatoms. The van der Waals surface area contributed by atoms with Crippen molar-refractivity contribution in [3.05, 3.63) is 59.9 Å². The van der Waals surface area contributed by atoms with Crippen LogP contribution >= 0.6 is 0 Å². The summed E-state index contributed by atoms with van der Waals surface area (Å²) < 4.78 is 7.45. The van der Waals surface area contributed by atoms with E-state index >= 15 is 0 Å². The van der Waals surface area contributed by atoms with Crippen molar-refractivity contribution < 1.29 is 9.84 Å². The zero-order valence-corrected chi connectivity index (χ0v) is 10.5. The van der Waals surface area contributed by atoms with Crippen molar-refractivity contribution in [2.45, 2.75) is 6.61 Å². The third kappa shape index (κ3) is 1.98. The van der Waals surface area contributed by atoms with Gasteiger partial charge in [0.25, 0.3) is 0 Å². The highest BCUT2D eigenvalue weighted by atomic mass is 16.5. The number of nitrogens with zero attached hydrogens (tertiary/aromatic N) is 3. The van der Waals surface area contributed by atoms with E-state index in [0.717, 1.165) is 0 Å². The van der Waals surface area contributed by atoms with Crippen LogP contribution in [0.5, 0.6) is 11.6 Å². The Balaban J connectivity index is 2.09. The molecule has 1 N–H and O–H groups in total. The zero-order valence-electron chi connectivity index (χ0n) is 10.5. The molecule has 3 aromatic rings. The van der Waals surface area contributed by atoms with Crippen LogP contribution in [0.15, 0.2) is 48.7 Å². The minimum Gasteiger partial charge on any atom is -0.436 e. The standard InChI is InChI=1S/C15H11N3O2/c16-9-11-5-1-2-6-13(11)20-15-12(10-19)18-8-4-3-7-14(18)17-15/h1-8,19H,10H2. The van der Waals surface area contributed by atoms with Crippen molar-refractivity contribution in [3.63, 3.8) is 0 Å². The summed E-state index contributed by atoms with van der Waals surface area (Å²) in [6.07, 6.45) is 1.80. The van der Waals surface area contributed by atoms with Crippen LogP contribution < -0.4 is 4.74 Å². The van der Waals surface area contributed by atoms with Gasteiger partial charge in [0.2, 0.25) is 5.88 Å². The van der Waals surface area contributed by atoms with Gasteiger partial charge in [-0.15, -0.1) is 0 Å². The van der Waals surface area contributed by atoms with Crippen LogP contribution in [0.3, 0.4) is 0 Å². The molecule has 0 bridgehead atoms. The second-order valence-corrected chi connectivity index (χ2v) is 4.16. The third-order valence-corrected chi connectivity index (χ3v) is 2.96. The first-order chi connectivity index (χ1) is 9.83. The molecular formula is C15H11N3O2. The lowest BCUT2D eigenvalue weighted by Crippen LogP contribution is -1.95. The summed E-state index contributed by atoms with van der Waals surface area (Å²) >= 11 is 0. The van der Waals surface area contributed by atoms with Gasteiger partial charge >= 0.3 is 0 Å². The van der Waals surface area contributed by atoms with E-state index in [0.29, 0.717) is 28.5 Å². The van der Waals surface area contributed by atoms with Gasteiger partial charge in [0, 0.05) is 6.20 Å². The Kier molecular flexibility index (Phi) is 3.07. The maximum atomic E-state index is 9.50. The van der Waals surface area contributed by atoms with Gasteiger partial charge in [-0.05, 0) is 24.3 Å². The van der Waals surface area contributed by atoms with Crippen LogP contribution in [0.1, 0.15) is 11.3 Å². The fourth-order valence-electron chi connectivity index (χ4n) is 2.00. The molecule has 98 valence electrons. The first-order valence-corrected chi connectivity index (χ1v) is 6.07. The van der Waals surface area contributed by atoms with E-state index in [1.165, 1.54) is 0 Å². The highest BCUT2D eigenvalue weighted by molar-refractivity contribution is 5.49. The summed E-state index contributed by atoms with van der Waals surface area (Å²) in [5, 5.41) is 18.6. The zero-order chi connectivity index (χ0) is 13.9. The van der Waals surface area contributed by atoms with E-state index in [1.54, 1.807) is 34.9 Å². The van der Waals surface area contributed by atoms with Crippen LogP contribution in [-0.4, -0.2) is 14.5 Å². The Morgan fingerprint density at radius 2 is 2.00 bits per heavy atom. The summed E-state index contributed by atoms with van der Waals surface area (Å²) in [6.45, 7) is -0.199. The Hall–Kier alpha value is -2.84. The number of nitriles is 1. The lowest BCUT2D eigenvalue weighted by atomic mass is 10.2. The highest BCUT2D eigenvalue weighted by Gasteiger charge is 2.14. The first-order valence-electron chi connectivity index (χ1n) is 6.07. The molecule has 0 atom stereocenters. The Bertz CT molecular complexity index is 802. The van der Waals surface area contributed by atoms with Crippen molar-refractivity contribution in [3.8, 4) is 17.7 Å². The fourth-order valence-corrected chi connectivity index (χ4v) is 2.00. The molecule has 2 aromatic heterocycles. The second kappa shape index (κ2) is 5.03. The van der Waals surface area contributed by atoms with Crippen molar-refractivity contribution in [2.24, 2.45) is 0 Å². The van der Waals surface area contributed by atoms with Gasteiger partial charge < -0.3 is 9.84 Å². The number of aliphatic hydroxyl groups is 1. The third-order valence-electron chi connectivity index (χ3n) is 2.96. The average Bonchev–Trinajstić information content (AvgIpc) is 2.85. The molecule has 0 unspecified atom stereocenters. The van der Waals surface area contributed by atoms with Crippen LogP contribution in [0, 0.1) is 11.3 Å². The Morgan fingerprint density at radius 3 is 2.80 bits per heavy atom. The van der Waals surface area contributed by atoms with Gasteiger partial charge in [0.15, 0.2) is 0 Å². The SMILES string of the molecule is N#Cc1ccccc1Oc1nc2ccccn2c1CO. The molecule has 0 saturated carbocycles. The molecule has 0 aliphatic carbocycles. The molecule has 0 saturated heterocycles. The van der Waals surface area contributed by atoms with Crippen LogP contribution in [0.2, 0.25) is 0 Å². The quantitative estimate of drug-likeness (QED) is 0.789.